The number of rotatable bonds is 6. The Bertz CT molecular complexity index is 328. The van der Waals surface area contributed by atoms with Crippen molar-refractivity contribution in [3.05, 3.63) is 0 Å². The zero-order valence-corrected chi connectivity index (χ0v) is 12.4. The summed E-state index contributed by atoms with van der Waals surface area (Å²) in [6, 6.07) is 2.25. The van der Waals surface area contributed by atoms with Crippen LogP contribution in [-0.4, -0.2) is 25.2 Å². The summed E-state index contributed by atoms with van der Waals surface area (Å²) >= 11 is 0. The fourth-order valence-corrected chi connectivity index (χ4v) is 2.50. The molecule has 108 valence electrons. The summed E-state index contributed by atoms with van der Waals surface area (Å²) in [6.45, 7) is 7.22. The fourth-order valence-electron chi connectivity index (χ4n) is 2.50. The molecule has 1 N–H and O–H groups in total. The number of carbonyl (C=O) groups excluding carboxylic acids is 1. The third-order valence-electron chi connectivity index (χ3n) is 3.98. The second-order valence-electron chi connectivity index (χ2n) is 5.74. The summed E-state index contributed by atoms with van der Waals surface area (Å²) in [4.78, 5) is 12.4. The molecule has 0 saturated heterocycles. The van der Waals surface area contributed by atoms with Crippen LogP contribution in [0, 0.1) is 22.7 Å². The standard InChI is InChI=1S/C15H26N2O2/c1-4-19-10-13(12(2)3)17-14(18)15(11-16)8-6-5-7-9-15/h12-13H,4-10H2,1-3H3,(H,17,18). The molecule has 0 aromatic rings. The van der Waals surface area contributed by atoms with Crippen LogP contribution in [0.2, 0.25) is 0 Å². The number of ether oxygens (including phenoxy) is 1. The minimum atomic E-state index is -0.808. The van der Waals surface area contributed by atoms with Crippen molar-refractivity contribution in [2.24, 2.45) is 11.3 Å². The molecule has 1 fully saturated rings. The molecule has 0 aromatic heterocycles. The van der Waals surface area contributed by atoms with Crippen LogP contribution in [0.15, 0.2) is 0 Å². The number of hydrogen-bond donors (Lipinski definition) is 1. The maximum absolute atomic E-state index is 12.4. The molecule has 0 aromatic carbocycles. The average molecular weight is 266 g/mol. The van der Waals surface area contributed by atoms with Gasteiger partial charge in [-0.15, -0.1) is 0 Å². The van der Waals surface area contributed by atoms with E-state index < -0.39 is 5.41 Å². The summed E-state index contributed by atoms with van der Waals surface area (Å²) in [5.74, 6) is 0.197. The molecule has 1 aliphatic rings. The van der Waals surface area contributed by atoms with Crippen LogP contribution < -0.4 is 5.32 Å². The van der Waals surface area contributed by atoms with E-state index in [1.54, 1.807) is 0 Å². The van der Waals surface area contributed by atoms with Crippen molar-refractivity contribution in [2.75, 3.05) is 13.2 Å². The van der Waals surface area contributed by atoms with Crippen LogP contribution in [0.25, 0.3) is 0 Å². The lowest BCUT2D eigenvalue weighted by atomic mass is 9.74. The molecule has 0 bridgehead atoms. The molecule has 1 atom stereocenters. The second-order valence-corrected chi connectivity index (χ2v) is 5.74. The van der Waals surface area contributed by atoms with Gasteiger partial charge in [0, 0.05) is 6.61 Å². The van der Waals surface area contributed by atoms with Gasteiger partial charge in [0.05, 0.1) is 18.7 Å². The maximum atomic E-state index is 12.4. The molecule has 4 heteroatoms. The minimum Gasteiger partial charge on any atom is -0.380 e. The van der Waals surface area contributed by atoms with Gasteiger partial charge in [0.2, 0.25) is 5.91 Å². The topological polar surface area (TPSA) is 62.1 Å². The van der Waals surface area contributed by atoms with Crippen molar-refractivity contribution in [1.82, 2.24) is 5.32 Å². The number of nitrogens with one attached hydrogen (secondary N) is 1. The molecule has 4 nitrogen and oxygen atoms in total. The molecule has 0 heterocycles. The van der Waals surface area contributed by atoms with E-state index in [-0.39, 0.29) is 11.9 Å². The number of amides is 1. The minimum absolute atomic E-state index is 0.0143. The third-order valence-corrected chi connectivity index (χ3v) is 3.98. The first-order chi connectivity index (χ1) is 9.05. The Labute approximate surface area is 116 Å². The van der Waals surface area contributed by atoms with Gasteiger partial charge in [0.15, 0.2) is 0 Å². The molecule has 1 amide bonds. The predicted molar refractivity (Wildman–Crippen MR) is 74.4 cm³/mol. The van der Waals surface area contributed by atoms with Gasteiger partial charge in [-0.2, -0.15) is 5.26 Å². The molecule has 0 radical (unpaired) electrons. The van der Waals surface area contributed by atoms with E-state index in [1.165, 1.54) is 0 Å². The normalized spacial score (nSPS) is 19.7. The Morgan fingerprint density at radius 2 is 2.00 bits per heavy atom. The molecule has 0 spiro atoms. The van der Waals surface area contributed by atoms with E-state index in [9.17, 15) is 10.1 Å². The van der Waals surface area contributed by atoms with Crippen LogP contribution in [0.5, 0.6) is 0 Å². The van der Waals surface area contributed by atoms with Crippen LogP contribution in [-0.2, 0) is 9.53 Å². The first kappa shape index (κ1) is 16.0. The quantitative estimate of drug-likeness (QED) is 0.804. The summed E-state index contributed by atoms with van der Waals surface area (Å²) in [5.41, 5.74) is -0.808. The molecule has 1 aliphatic carbocycles. The summed E-state index contributed by atoms with van der Waals surface area (Å²) < 4.78 is 5.41. The van der Waals surface area contributed by atoms with Crippen molar-refractivity contribution in [3.63, 3.8) is 0 Å². The number of nitrogens with zero attached hydrogens (tertiary/aromatic N) is 1. The highest BCUT2D eigenvalue weighted by Crippen LogP contribution is 2.36. The summed E-state index contributed by atoms with van der Waals surface area (Å²) in [5, 5.41) is 12.4. The van der Waals surface area contributed by atoms with Gasteiger partial charge in [0.1, 0.15) is 5.41 Å². The van der Waals surface area contributed by atoms with Crippen LogP contribution in [0.4, 0.5) is 0 Å². The lowest BCUT2D eigenvalue weighted by Gasteiger charge is -2.32. The van der Waals surface area contributed by atoms with E-state index >= 15 is 0 Å². The summed E-state index contributed by atoms with van der Waals surface area (Å²) in [6.07, 6.45) is 4.45. The Kier molecular flexibility index (Phi) is 6.30. The predicted octanol–water partition coefficient (Wildman–Crippen LogP) is 2.64. The lowest BCUT2D eigenvalue weighted by molar-refractivity contribution is -0.131. The zero-order valence-electron chi connectivity index (χ0n) is 12.4. The Balaban J connectivity index is 2.66. The molecule has 19 heavy (non-hydrogen) atoms. The van der Waals surface area contributed by atoms with Crippen LogP contribution >= 0.6 is 0 Å². The van der Waals surface area contributed by atoms with Gasteiger partial charge in [-0.3, -0.25) is 4.79 Å². The number of hydrogen-bond acceptors (Lipinski definition) is 3. The van der Waals surface area contributed by atoms with Crippen LogP contribution in [0.1, 0.15) is 52.9 Å². The molecule has 0 aliphatic heterocycles. The molecule has 1 rings (SSSR count). The van der Waals surface area contributed by atoms with Crippen molar-refractivity contribution in [3.8, 4) is 6.07 Å². The highest BCUT2D eigenvalue weighted by atomic mass is 16.5. The molecular weight excluding hydrogens is 240 g/mol. The van der Waals surface area contributed by atoms with E-state index in [4.69, 9.17) is 4.74 Å². The molecule has 1 saturated carbocycles. The first-order valence-electron chi connectivity index (χ1n) is 7.35. The molecular formula is C15H26N2O2. The van der Waals surface area contributed by atoms with Crippen molar-refractivity contribution in [1.29, 1.82) is 5.26 Å². The van der Waals surface area contributed by atoms with Gasteiger partial charge in [0.25, 0.3) is 0 Å². The highest BCUT2D eigenvalue weighted by Gasteiger charge is 2.40. The van der Waals surface area contributed by atoms with Gasteiger partial charge in [-0.05, 0) is 25.7 Å². The fraction of sp³-hybridized carbons (Fsp3) is 0.867. The van der Waals surface area contributed by atoms with Crippen molar-refractivity contribution >= 4 is 5.91 Å². The Hall–Kier alpha value is -1.08. The number of carbonyl (C=O) groups is 1. The van der Waals surface area contributed by atoms with Crippen LogP contribution in [0.3, 0.4) is 0 Å². The highest BCUT2D eigenvalue weighted by molar-refractivity contribution is 5.85. The van der Waals surface area contributed by atoms with Crippen molar-refractivity contribution < 1.29 is 9.53 Å². The van der Waals surface area contributed by atoms with E-state index in [0.717, 1.165) is 19.3 Å². The molecule has 1 unspecified atom stereocenters. The number of nitriles is 1. The largest absolute Gasteiger partial charge is 0.380 e. The van der Waals surface area contributed by atoms with E-state index in [1.807, 2.05) is 6.92 Å². The van der Waals surface area contributed by atoms with E-state index in [0.29, 0.717) is 32.0 Å². The average Bonchev–Trinajstić information content (AvgIpc) is 2.43. The van der Waals surface area contributed by atoms with Crippen molar-refractivity contribution in [2.45, 2.75) is 58.9 Å². The third kappa shape index (κ3) is 4.21. The smallest absolute Gasteiger partial charge is 0.240 e. The lowest BCUT2D eigenvalue weighted by Crippen LogP contribution is -2.49. The zero-order chi connectivity index (χ0) is 14.3. The SMILES string of the molecule is CCOCC(NC(=O)C1(C#N)CCCCC1)C(C)C. The summed E-state index contributed by atoms with van der Waals surface area (Å²) in [7, 11) is 0. The van der Waals surface area contributed by atoms with Gasteiger partial charge in [-0.25, -0.2) is 0 Å². The maximum Gasteiger partial charge on any atom is 0.240 e. The van der Waals surface area contributed by atoms with Gasteiger partial charge >= 0.3 is 0 Å². The van der Waals surface area contributed by atoms with Gasteiger partial charge < -0.3 is 10.1 Å². The van der Waals surface area contributed by atoms with Gasteiger partial charge in [-0.1, -0.05) is 33.1 Å². The Morgan fingerprint density at radius 3 is 2.47 bits per heavy atom. The first-order valence-corrected chi connectivity index (χ1v) is 7.35. The monoisotopic (exact) mass is 266 g/mol. The second kappa shape index (κ2) is 7.49. The Morgan fingerprint density at radius 1 is 1.37 bits per heavy atom. The van der Waals surface area contributed by atoms with E-state index in [2.05, 4.69) is 25.2 Å².